The lowest BCUT2D eigenvalue weighted by Gasteiger charge is -2.31. The Morgan fingerprint density at radius 3 is 2.59 bits per heavy atom. The van der Waals surface area contributed by atoms with Gasteiger partial charge in [0, 0.05) is 19.7 Å². The molecule has 0 aromatic heterocycles. The summed E-state index contributed by atoms with van der Waals surface area (Å²) in [4.78, 5) is 39.5. The Hall–Kier alpha value is -2.45. The van der Waals surface area contributed by atoms with Crippen molar-refractivity contribution in [3.63, 3.8) is 0 Å². The third kappa shape index (κ3) is 5.33. The first-order chi connectivity index (χ1) is 13.9. The molecular weight excluding hydrogens is 372 g/mol. The fraction of sp³-hybridized carbons (Fsp3) is 0.571. The number of hydrogen-bond donors (Lipinski definition) is 2. The molecule has 1 aromatic carbocycles. The van der Waals surface area contributed by atoms with Crippen LogP contribution in [-0.4, -0.2) is 65.6 Å². The summed E-state index contributed by atoms with van der Waals surface area (Å²) in [7, 11) is 0. The maximum atomic E-state index is 12.8. The number of rotatable bonds is 8. The number of urea groups is 1. The molecule has 0 radical (unpaired) electrons. The third-order valence-electron chi connectivity index (χ3n) is 5.56. The minimum Gasteiger partial charge on any atom is -0.378 e. The van der Waals surface area contributed by atoms with Crippen LogP contribution in [0.2, 0.25) is 0 Å². The van der Waals surface area contributed by atoms with Gasteiger partial charge in [-0.25, -0.2) is 4.79 Å². The molecule has 1 aromatic rings. The number of piperidine rings is 1. The molecule has 2 aliphatic rings. The first-order valence-corrected chi connectivity index (χ1v) is 10.3. The van der Waals surface area contributed by atoms with Crippen molar-refractivity contribution in [3.05, 3.63) is 35.9 Å². The van der Waals surface area contributed by atoms with Crippen LogP contribution in [0, 0.1) is 0 Å². The fourth-order valence-corrected chi connectivity index (χ4v) is 3.83. The molecule has 0 saturated carbocycles. The number of amides is 4. The van der Waals surface area contributed by atoms with Crippen molar-refractivity contribution in [3.8, 4) is 0 Å². The van der Waals surface area contributed by atoms with E-state index in [1.54, 1.807) is 6.92 Å². The van der Waals surface area contributed by atoms with Gasteiger partial charge in [-0.1, -0.05) is 30.3 Å². The second-order valence-corrected chi connectivity index (χ2v) is 7.85. The van der Waals surface area contributed by atoms with E-state index in [4.69, 9.17) is 4.74 Å². The van der Waals surface area contributed by atoms with Crippen molar-refractivity contribution < 1.29 is 19.1 Å². The van der Waals surface area contributed by atoms with Crippen LogP contribution in [0.5, 0.6) is 0 Å². The zero-order chi connectivity index (χ0) is 20.9. The number of ether oxygens (including phenoxy) is 1. The summed E-state index contributed by atoms with van der Waals surface area (Å²) in [6.45, 7) is 6.03. The van der Waals surface area contributed by atoms with Gasteiger partial charge < -0.3 is 10.1 Å². The van der Waals surface area contributed by atoms with Gasteiger partial charge in [0.1, 0.15) is 5.54 Å². The number of nitrogens with zero attached hydrogens (tertiary/aromatic N) is 2. The second-order valence-electron chi connectivity index (χ2n) is 7.85. The molecule has 158 valence electrons. The monoisotopic (exact) mass is 402 g/mol. The lowest BCUT2D eigenvalue weighted by atomic mass is 9.93. The molecule has 29 heavy (non-hydrogen) atoms. The number of likely N-dealkylation sites (tertiary alicyclic amines) is 1. The van der Waals surface area contributed by atoms with Gasteiger partial charge in [0.15, 0.2) is 0 Å². The lowest BCUT2D eigenvalue weighted by Crippen LogP contribution is -2.52. The highest BCUT2D eigenvalue weighted by Crippen LogP contribution is 2.22. The largest absolute Gasteiger partial charge is 0.378 e. The summed E-state index contributed by atoms with van der Waals surface area (Å²) >= 11 is 0. The summed E-state index contributed by atoms with van der Waals surface area (Å²) in [6, 6.07) is 9.20. The van der Waals surface area contributed by atoms with Gasteiger partial charge in [0.2, 0.25) is 0 Å². The number of carbonyl (C=O) groups excluding carboxylic acids is 3. The van der Waals surface area contributed by atoms with Crippen LogP contribution >= 0.6 is 0 Å². The molecule has 2 fully saturated rings. The number of benzene rings is 1. The molecule has 4 amide bonds. The minimum absolute atomic E-state index is 0.149. The van der Waals surface area contributed by atoms with Crippen LogP contribution in [-0.2, 0) is 20.7 Å². The average Bonchev–Trinajstić information content (AvgIpc) is 2.92. The van der Waals surface area contributed by atoms with Crippen LogP contribution in [0.1, 0.15) is 38.7 Å². The van der Waals surface area contributed by atoms with Gasteiger partial charge in [-0.05, 0) is 45.1 Å². The van der Waals surface area contributed by atoms with Gasteiger partial charge in [-0.2, -0.15) is 5.01 Å². The first kappa shape index (κ1) is 21.3. The zero-order valence-corrected chi connectivity index (χ0v) is 17.1. The highest BCUT2D eigenvalue weighted by Gasteiger charge is 2.48. The molecule has 3 rings (SSSR count). The molecular formula is C21H30N4O4. The molecule has 0 aliphatic carbocycles. The maximum Gasteiger partial charge on any atom is 0.344 e. The molecule has 2 heterocycles. The smallest absolute Gasteiger partial charge is 0.344 e. The normalized spacial score (nSPS) is 23.3. The molecule has 2 saturated heterocycles. The minimum atomic E-state index is -1.03. The highest BCUT2D eigenvalue weighted by atomic mass is 16.5. The predicted octanol–water partition coefficient (Wildman–Crippen LogP) is 1.46. The maximum absolute atomic E-state index is 12.8. The quantitative estimate of drug-likeness (QED) is 0.643. The van der Waals surface area contributed by atoms with Gasteiger partial charge in [0.25, 0.3) is 11.8 Å². The van der Waals surface area contributed by atoms with Crippen LogP contribution in [0.3, 0.4) is 0 Å². The number of carbonyl (C=O) groups is 3. The fourth-order valence-electron chi connectivity index (χ4n) is 3.83. The Kier molecular flexibility index (Phi) is 6.87. The second kappa shape index (κ2) is 9.37. The van der Waals surface area contributed by atoms with Crippen LogP contribution in [0.25, 0.3) is 0 Å². The van der Waals surface area contributed by atoms with Crippen molar-refractivity contribution in [1.29, 1.82) is 0 Å². The molecule has 2 aliphatic heterocycles. The number of hydrazine groups is 1. The van der Waals surface area contributed by atoms with Crippen molar-refractivity contribution in [1.82, 2.24) is 20.7 Å². The molecule has 2 N–H and O–H groups in total. The summed E-state index contributed by atoms with van der Waals surface area (Å²) in [6.07, 6.45) is 3.11. The van der Waals surface area contributed by atoms with E-state index in [9.17, 15) is 14.4 Å². The highest BCUT2D eigenvalue weighted by molar-refractivity contribution is 6.07. The summed E-state index contributed by atoms with van der Waals surface area (Å²) in [5.74, 6) is -0.794. The zero-order valence-electron chi connectivity index (χ0n) is 17.1. The Labute approximate surface area is 171 Å². The SMILES string of the molecule is CCOC1CCN(CC(=O)NN2C(=O)NC(C)(CCc3ccccc3)C2=O)CC1. The number of hydrogen-bond acceptors (Lipinski definition) is 5. The van der Waals surface area contributed by atoms with Gasteiger partial charge in [0.05, 0.1) is 12.6 Å². The van der Waals surface area contributed by atoms with E-state index in [0.717, 1.165) is 36.5 Å². The predicted molar refractivity (Wildman–Crippen MR) is 108 cm³/mol. The first-order valence-electron chi connectivity index (χ1n) is 10.3. The van der Waals surface area contributed by atoms with E-state index in [-0.39, 0.29) is 18.6 Å². The summed E-state index contributed by atoms with van der Waals surface area (Å²) < 4.78 is 5.62. The molecule has 1 atom stereocenters. The van der Waals surface area contributed by atoms with Gasteiger partial charge >= 0.3 is 6.03 Å². The molecule has 8 nitrogen and oxygen atoms in total. The molecule has 0 spiro atoms. The van der Waals surface area contributed by atoms with Crippen LogP contribution in [0.4, 0.5) is 4.79 Å². The van der Waals surface area contributed by atoms with E-state index in [2.05, 4.69) is 10.7 Å². The standard InChI is InChI=1S/C21H30N4O4/c1-3-29-17-10-13-24(14-11-17)15-18(26)23-25-19(27)21(2,22-20(25)28)12-9-16-7-5-4-6-8-16/h4-8,17H,3,9-15H2,1-2H3,(H,22,28)(H,23,26). The molecule has 8 heteroatoms. The molecule has 0 bridgehead atoms. The molecule has 1 unspecified atom stereocenters. The summed E-state index contributed by atoms with van der Waals surface area (Å²) in [5.41, 5.74) is 2.54. The van der Waals surface area contributed by atoms with Crippen LogP contribution < -0.4 is 10.7 Å². The third-order valence-corrected chi connectivity index (χ3v) is 5.56. The average molecular weight is 402 g/mol. The van der Waals surface area contributed by atoms with E-state index < -0.39 is 17.5 Å². The van der Waals surface area contributed by atoms with E-state index in [1.807, 2.05) is 42.2 Å². The van der Waals surface area contributed by atoms with Crippen molar-refractivity contribution in [2.45, 2.75) is 51.2 Å². The lowest BCUT2D eigenvalue weighted by molar-refractivity contribution is -0.139. The number of aryl methyl sites for hydroxylation is 1. The Bertz CT molecular complexity index is 733. The Morgan fingerprint density at radius 1 is 1.24 bits per heavy atom. The topological polar surface area (TPSA) is 91.0 Å². The Balaban J connectivity index is 1.50. The van der Waals surface area contributed by atoms with Gasteiger partial charge in [-0.15, -0.1) is 0 Å². The van der Waals surface area contributed by atoms with Crippen molar-refractivity contribution in [2.24, 2.45) is 0 Å². The number of imide groups is 1. The Morgan fingerprint density at radius 2 is 1.93 bits per heavy atom. The summed E-state index contributed by atoms with van der Waals surface area (Å²) in [5, 5.41) is 3.54. The van der Waals surface area contributed by atoms with E-state index >= 15 is 0 Å². The van der Waals surface area contributed by atoms with E-state index in [1.165, 1.54) is 0 Å². The number of nitrogens with one attached hydrogen (secondary N) is 2. The van der Waals surface area contributed by atoms with Gasteiger partial charge in [-0.3, -0.25) is 19.9 Å². The van der Waals surface area contributed by atoms with Crippen LogP contribution in [0.15, 0.2) is 30.3 Å². The van der Waals surface area contributed by atoms with Crippen molar-refractivity contribution in [2.75, 3.05) is 26.2 Å². The van der Waals surface area contributed by atoms with Crippen molar-refractivity contribution >= 4 is 17.8 Å². The van der Waals surface area contributed by atoms with E-state index in [0.29, 0.717) is 19.4 Å².